The van der Waals surface area contributed by atoms with Crippen LogP contribution in [0.5, 0.6) is 0 Å². The Hall–Kier alpha value is -1.60. The lowest BCUT2D eigenvalue weighted by atomic mass is 10.2. The third-order valence-corrected chi connectivity index (χ3v) is 2.86. The highest BCUT2D eigenvalue weighted by Crippen LogP contribution is 2.23. The van der Waals surface area contributed by atoms with Crippen molar-refractivity contribution in [3.8, 4) is 0 Å². The van der Waals surface area contributed by atoms with Gasteiger partial charge in [-0.2, -0.15) is 8.42 Å². The van der Waals surface area contributed by atoms with Crippen LogP contribution in [0.3, 0.4) is 0 Å². The zero-order chi connectivity index (χ0) is 11.2. The number of aromatic amines is 1. The molecule has 0 radical (unpaired) electrons. The summed E-state index contributed by atoms with van der Waals surface area (Å²) in [5.41, 5.74) is 6.74. The van der Waals surface area contributed by atoms with E-state index in [4.69, 9.17) is 10.3 Å². The van der Waals surface area contributed by atoms with Crippen molar-refractivity contribution in [1.82, 2.24) is 9.97 Å². The van der Waals surface area contributed by atoms with E-state index in [1.54, 1.807) is 13.0 Å². The molecule has 0 saturated carbocycles. The number of hydrogen-bond acceptors (Lipinski definition) is 4. The van der Waals surface area contributed by atoms with Crippen molar-refractivity contribution in [1.29, 1.82) is 0 Å². The van der Waals surface area contributed by atoms with Gasteiger partial charge in [0, 0.05) is 0 Å². The number of nitrogens with two attached hydrogens (primary N) is 1. The van der Waals surface area contributed by atoms with Crippen LogP contribution in [0.15, 0.2) is 17.0 Å². The topological polar surface area (TPSA) is 109 Å². The summed E-state index contributed by atoms with van der Waals surface area (Å²) >= 11 is 0. The maximum atomic E-state index is 11.1. The summed E-state index contributed by atoms with van der Waals surface area (Å²) < 4.78 is 31.1. The van der Waals surface area contributed by atoms with Crippen LogP contribution in [-0.4, -0.2) is 22.9 Å². The number of rotatable bonds is 1. The molecule has 0 aliphatic heterocycles. The third kappa shape index (κ3) is 1.66. The Labute approximate surface area is 85.9 Å². The largest absolute Gasteiger partial charge is 0.369 e. The van der Waals surface area contributed by atoms with E-state index < -0.39 is 10.1 Å². The van der Waals surface area contributed by atoms with Gasteiger partial charge < -0.3 is 10.7 Å². The Morgan fingerprint density at radius 2 is 2.13 bits per heavy atom. The highest BCUT2D eigenvalue weighted by atomic mass is 32.2. The first-order valence-corrected chi connectivity index (χ1v) is 5.55. The van der Waals surface area contributed by atoms with E-state index in [9.17, 15) is 8.42 Å². The van der Waals surface area contributed by atoms with Gasteiger partial charge in [-0.25, -0.2) is 4.98 Å². The summed E-state index contributed by atoms with van der Waals surface area (Å²) in [5.74, 6) is 0.112. The molecule has 6 nitrogen and oxygen atoms in total. The Bertz CT molecular complexity index is 630. The SMILES string of the molecule is Cc1cc(S(=O)(=O)O)c2nc(N)[nH]c2c1. The number of benzene rings is 1. The van der Waals surface area contributed by atoms with Gasteiger partial charge in [0.05, 0.1) is 5.52 Å². The number of aryl methyl sites for hydroxylation is 1. The van der Waals surface area contributed by atoms with Gasteiger partial charge in [0.2, 0.25) is 0 Å². The average molecular weight is 227 g/mol. The van der Waals surface area contributed by atoms with Gasteiger partial charge in [-0.05, 0) is 24.6 Å². The van der Waals surface area contributed by atoms with E-state index >= 15 is 0 Å². The number of H-pyrrole nitrogens is 1. The molecule has 0 saturated heterocycles. The fourth-order valence-electron chi connectivity index (χ4n) is 1.44. The smallest absolute Gasteiger partial charge is 0.296 e. The fraction of sp³-hybridized carbons (Fsp3) is 0.125. The zero-order valence-electron chi connectivity index (χ0n) is 7.85. The molecule has 0 spiro atoms. The number of nitrogen functional groups attached to an aromatic ring is 1. The van der Waals surface area contributed by atoms with Gasteiger partial charge in [0.15, 0.2) is 5.95 Å². The molecule has 15 heavy (non-hydrogen) atoms. The molecular weight excluding hydrogens is 218 g/mol. The van der Waals surface area contributed by atoms with Crippen LogP contribution in [0.2, 0.25) is 0 Å². The first-order chi connectivity index (χ1) is 6.88. The van der Waals surface area contributed by atoms with Crippen LogP contribution < -0.4 is 5.73 Å². The van der Waals surface area contributed by atoms with Crippen LogP contribution in [0.25, 0.3) is 11.0 Å². The minimum atomic E-state index is -4.28. The summed E-state index contributed by atoms with van der Waals surface area (Å²) in [5, 5.41) is 0. The highest BCUT2D eigenvalue weighted by molar-refractivity contribution is 7.86. The third-order valence-electron chi connectivity index (χ3n) is 1.99. The van der Waals surface area contributed by atoms with Crippen molar-refractivity contribution >= 4 is 27.1 Å². The molecule has 0 bridgehead atoms. The Balaban J connectivity index is 2.94. The van der Waals surface area contributed by atoms with E-state index in [0.717, 1.165) is 0 Å². The van der Waals surface area contributed by atoms with Gasteiger partial charge in [-0.15, -0.1) is 0 Å². The van der Waals surface area contributed by atoms with Crippen molar-refractivity contribution < 1.29 is 13.0 Å². The Morgan fingerprint density at radius 1 is 1.47 bits per heavy atom. The van der Waals surface area contributed by atoms with Gasteiger partial charge in [-0.1, -0.05) is 0 Å². The quantitative estimate of drug-likeness (QED) is 0.621. The first-order valence-electron chi connectivity index (χ1n) is 4.11. The molecule has 0 fully saturated rings. The van der Waals surface area contributed by atoms with Crippen molar-refractivity contribution in [3.05, 3.63) is 17.7 Å². The number of nitrogens with zero attached hydrogens (tertiary/aromatic N) is 1. The number of fused-ring (bicyclic) bond motifs is 1. The van der Waals surface area contributed by atoms with E-state index in [-0.39, 0.29) is 16.4 Å². The molecule has 2 aromatic rings. The first kappa shape index (κ1) is 9.94. The molecular formula is C8H9N3O3S. The van der Waals surface area contributed by atoms with E-state index in [0.29, 0.717) is 11.1 Å². The van der Waals surface area contributed by atoms with E-state index in [2.05, 4.69) is 9.97 Å². The molecule has 7 heteroatoms. The second kappa shape index (κ2) is 2.94. The van der Waals surface area contributed by atoms with Gasteiger partial charge >= 0.3 is 0 Å². The molecule has 0 aliphatic rings. The van der Waals surface area contributed by atoms with Crippen LogP contribution in [-0.2, 0) is 10.1 Å². The molecule has 4 N–H and O–H groups in total. The molecule has 1 aromatic heterocycles. The Morgan fingerprint density at radius 3 is 2.73 bits per heavy atom. The summed E-state index contributed by atoms with van der Waals surface area (Å²) in [6.07, 6.45) is 0. The lowest BCUT2D eigenvalue weighted by Gasteiger charge is -1.99. The lowest BCUT2D eigenvalue weighted by Crippen LogP contribution is -1.99. The molecule has 80 valence electrons. The number of nitrogens with one attached hydrogen (secondary N) is 1. The van der Waals surface area contributed by atoms with Crippen LogP contribution >= 0.6 is 0 Å². The maximum Gasteiger partial charge on any atom is 0.296 e. The predicted octanol–water partition coefficient (Wildman–Crippen LogP) is 0.700. The van der Waals surface area contributed by atoms with Crippen molar-refractivity contribution in [2.75, 3.05) is 5.73 Å². The van der Waals surface area contributed by atoms with Crippen LogP contribution in [0, 0.1) is 6.92 Å². The lowest BCUT2D eigenvalue weighted by molar-refractivity contribution is 0.484. The Kier molecular flexibility index (Phi) is 1.95. The molecule has 1 aromatic carbocycles. The van der Waals surface area contributed by atoms with Gasteiger partial charge in [-0.3, -0.25) is 4.55 Å². The molecule has 1 heterocycles. The van der Waals surface area contributed by atoms with Crippen molar-refractivity contribution in [2.45, 2.75) is 11.8 Å². The van der Waals surface area contributed by atoms with Crippen LogP contribution in [0.1, 0.15) is 5.56 Å². The number of imidazole rings is 1. The van der Waals surface area contributed by atoms with Gasteiger partial charge in [0.1, 0.15) is 10.4 Å². The summed E-state index contributed by atoms with van der Waals surface area (Å²) in [6, 6.07) is 3.05. The van der Waals surface area contributed by atoms with E-state index in [1.165, 1.54) is 6.07 Å². The second-order valence-corrected chi connectivity index (χ2v) is 4.65. The van der Waals surface area contributed by atoms with Crippen LogP contribution in [0.4, 0.5) is 5.95 Å². The standard InChI is InChI=1S/C8H9N3O3S/c1-4-2-5-7(11-8(9)10-5)6(3-4)15(12,13)14/h2-3H,1H3,(H3,9,10,11)(H,12,13,14). The maximum absolute atomic E-state index is 11.1. The zero-order valence-corrected chi connectivity index (χ0v) is 8.67. The fourth-order valence-corrected chi connectivity index (χ4v) is 2.17. The normalized spacial score (nSPS) is 12.1. The molecule has 0 atom stereocenters. The number of aromatic nitrogens is 2. The predicted molar refractivity (Wildman–Crippen MR) is 55.1 cm³/mol. The monoisotopic (exact) mass is 227 g/mol. The number of anilines is 1. The van der Waals surface area contributed by atoms with E-state index in [1.807, 2.05) is 0 Å². The average Bonchev–Trinajstić information content (AvgIpc) is 2.41. The summed E-state index contributed by atoms with van der Waals surface area (Å²) in [4.78, 5) is 6.28. The van der Waals surface area contributed by atoms with Gasteiger partial charge in [0.25, 0.3) is 10.1 Å². The van der Waals surface area contributed by atoms with Crippen molar-refractivity contribution in [3.63, 3.8) is 0 Å². The molecule has 0 unspecified atom stereocenters. The summed E-state index contributed by atoms with van der Waals surface area (Å²) in [6.45, 7) is 1.71. The second-order valence-electron chi connectivity index (χ2n) is 3.26. The van der Waals surface area contributed by atoms with Crippen molar-refractivity contribution in [2.24, 2.45) is 0 Å². The highest BCUT2D eigenvalue weighted by Gasteiger charge is 2.17. The molecule has 2 rings (SSSR count). The molecule has 0 amide bonds. The minimum absolute atomic E-state index is 0.112. The summed E-state index contributed by atoms with van der Waals surface area (Å²) in [7, 11) is -4.28. The molecule has 0 aliphatic carbocycles. The minimum Gasteiger partial charge on any atom is -0.369 e. The number of hydrogen-bond donors (Lipinski definition) is 3.